The van der Waals surface area contributed by atoms with E-state index in [1.165, 1.54) is 0 Å². The molecule has 0 aliphatic rings. The molecule has 80 valence electrons. The van der Waals surface area contributed by atoms with E-state index in [4.69, 9.17) is 0 Å². The van der Waals surface area contributed by atoms with Crippen LogP contribution < -0.4 is 0 Å². The Morgan fingerprint density at radius 1 is 1.31 bits per heavy atom. The molecule has 3 aromatic rings. The summed E-state index contributed by atoms with van der Waals surface area (Å²) in [5.74, 6) is 0. The molecular weight excluding hydrogens is 202 g/mol. The standard InChI is InChI=1S/C11H11N5/c1-7-5-11-12-6-9(8(2)16(11)15-7)10-3-4-13-14-10/h3-6H,1-2H3,(H,13,14). The normalized spacial score (nSPS) is 11.1. The number of aromatic amines is 1. The largest absolute Gasteiger partial charge is 0.278 e. The molecule has 1 N–H and O–H groups in total. The number of H-pyrrole nitrogens is 1. The van der Waals surface area contributed by atoms with Gasteiger partial charge in [-0.15, -0.1) is 0 Å². The van der Waals surface area contributed by atoms with Crippen LogP contribution in [0, 0.1) is 13.8 Å². The lowest BCUT2D eigenvalue weighted by Gasteiger charge is -2.04. The topological polar surface area (TPSA) is 58.9 Å². The fourth-order valence-corrected chi connectivity index (χ4v) is 1.83. The SMILES string of the molecule is Cc1cc2ncc(-c3ccn[nH]3)c(C)n2n1. The van der Waals surface area contributed by atoms with Gasteiger partial charge in [-0.25, -0.2) is 9.50 Å². The number of nitrogens with zero attached hydrogens (tertiary/aromatic N) is 4. The first-order chi connectivity index (χ1) is 7.75. The zero-order valence-corrected chi connectivity index (χ0v) is 9.10. The Kier molecular flexibility index (Phi) is 1.80. The molecule has 3 heterocycles. The minimum Gasteiger partial charge on any atom is -0.278 e. The Morgan fingerprint density at radius 3 is 2.94 bits per heavy atom. The fourth-order valence-electron chi connectivity index (χ4n) is 1.83. The maximum Gasteiger partial charge on any atom is 0.155 e. The number of aromatic nitrogens is 5. The molecule has 0 spiro atoms. The maximum atomic E-state index is 4.40. The third kappa shape index (κ3) is 1.21. The van der Waals surface area contributed by atoms with Gasteiger partial charge in [0.25, 0.3) is 0 Å². The molecule has 0 unspecified atom stereocenters. The van der Waals surface area contributed by atoms with Crippen LogP contribution in [0.4, 0.5) is 0 Å². The predicted octanol–water partition coefficient (Wildman–Crippen LogP) is 1.74. The van der Waals surface area contributed by atoms with Gasteiger partial charge in [-0.2, -0.15) is 10.2 Å². The van der Waals surface area contributed by atoms with E-state index < -0.39 is 0 Å². The highest BCUT2D eigenvalue weighted by atomic mass is 15.3. The molecule has 16 heavy (non-hydrogen) atoms. The van der Waals surface area contributed by atoms with Crippen molar-refractivity contribution in [2.75, 3.05) is 0 Å². The minimum atomic E-state index is 0.873. The number of aryl methyl sites for hydroxylation is 2. The van der Waals surface area contributed by atoms with Crippen LogP contribution in [0.2, 0.25) is 0 Å². The lowest BCUT2D eigenvalue weighted by atomic mass is 10.2. The monoisotopic (exact) mass is 213 g/mol. The fraction of sp³-hybridized carbons (Fsp3) is 0.182. The van der Waals surface area contributed by atoms with Crippen LogP contribution in [0.15, 0.2) is 24.5 Å². The molecule has 0 aliphatic carbocycles. The second kappa shape index (κ2) is 3.16. The number of hydrogen-bond acceptors (Lipinski definition) is 3. The number of hydrogen-bond donors (Lipinski definition) is 1. The molecule has 0 saturated heterocycles. The third-order valence-electron chi connectivity index (χ3n) is 2.64. The third-order valence-corrected chi connectivity index (χ3v) is 2.64. The Labute approximate surface area is 92.1 Å². The molecule has 5 heteroatoms. The van der Waals surface area contributed by atoms with Crippen LogP contribution in [0.5, 0.6) is 0 Å². The molecule has 0 atom stereocenters. The average molecular weight is 213 g/mol. The summed E-state index contributed by atoms with van der Waals surface area (Å²) < 4.78 is 1.85. The van der Waals surface area contributed by atoms with Crippen molar-refractivity contribution in [1.82, 2.24) is 24.8 Å². The molecule has 0 aliphatic heterocycles. The smallest absolute Gasteiger partial charge is 0.155 e. The minimum absolute atomic E-state index is 0.873. The predicted molar refractivity (Wildman–Crippen MR) is 60.0 cm³/mol. The van der Waals surface area contributed by atoms with Gasteiger partial charge >= 0.3 is 0 Å². The van der Waals surface area contributed by atoms with E-state index in [9.17, 15) is 0 Å². The molecule has 0 saturated carbocycles. The summed E-state index contributed by atoms with van der Waals surface area (Å²) in [5.41, 5.74) is 4.88. The Balaban J connectivity index is 2.31. The van der Waals surface area contributed by atoms with Gasteiger partial charge in [0, 0.05) is 24.0 Å². The molecule has 0 fully saturated rings. The van der Waals surface area contributed by atoms with E-state index in [-0.39, 0.29) is 0 Å². The summed E-state index contributed by atoms with van der Waals surface area (Å²) in [5, 5.41) is 11.3. The highest BCUT2D eigenvalue weighted by molar-refractivity contribution is 5.62. The highest BCUT2D eigenvalue weighted by Crippen LogP contribution is 2.20. The van der Waals surface area contributed by atoms with Gasteiger partial charge in [0.05, 0.1) is 17.1 Å². The Hall–Kier alpha value is -2.17. The molecule has 0 radical (unpaired) electrons. The van der Waals surface area contributed by atoms with Crippen molar-refractivity contribution in [2.45, 2.75) is 13.8 Å². The van der Waals surface area contributed by atoms with Crippen molar-refractivity contribution in [2.24, 2.45) is 0 Å². The Bertz CT molecular complexity index is 636. The van der Waals surface area contributed by atoms with E-state index in [0.717, 1.165) is 28.3 Å². The van der Waals surface area contributed by atoms with Crippen LogP contribution in [0.25, 0.3) is 16.9 Å². The van der Waals surface area contributed by atoms with Crippen LogP contribution in [-0.2, 0) is 0 Å². The second-order valence-corrected chi connectivity index (χ2v) is 3.78. The van der Waals surface area contributed by atoms with E-state index >= 15 is 0 Å². The molecular formula is C11H11N5. The summed E-state index contributed by atoms with van der Waals surface area (Å²) in [4.78, 5) is 4.37. The van der Waals surface area contributed by atoms with Gasteiger partial charge in [0.2, 0.25) is 0 Å². The zero-order valence-electron chi connectivity index (χ0n) is 9.10. The van der Waals surface area contributed by atoms with E-state index in [1.807, 2.05) is 36.7 Å². The van der Waals surface area contributed by atoms with E-state index in [0.29, 0.717) is 0 Å². The van der Waals surface area contributed by atoms with Crippen LogP contribution in [0.1, 0.15) is 11.4 Å². The first kappa shape index (κ1) is 9.08. The lowest BCUT2D eigenvalue weighted by molar-refractivity contribution is 0.878. The van der Waals surface area contributed by atoms with Crippen molar-refractivity contribution < 1.29 is 0 Å². The van der Waals surface area contributed by atoms with Crippen molar-refractivity contribution in [1.29, 1.82) is 0 Å². The molecule has 0 aromatic carbocycles. The van der Waals surface area contributed by atoms with Gasteiger partial charge in [-0.1, -0.05) is 0 Å². The zero-order chi connectivity index (χ0) is 11.1. The van der Waals surface area contributed by atoms with Gasteiger partial charge in [-0.3, -0.25) is 5.10 Å². The lowest BCUT2D eigenvalue weighted by Crippen LogP contribution is -1.98. The van der Waals surface area contributed by atoms with E-state index in [2.05, 4.69) is 20.3 Å². The second-order valence-electron chi connectivity index (χ2n) is 3.78. The first-order valence-corrected chi connectivity index (χ1v) is 5.07. The summed E-state index contributed by atoms with van der Waals surface area (Å²) in [7, 11) is 0. The summed E-state index contributed by atoms with van der Waals surface area (Å²) in [6, 6.07) is 3.88. The molecule has 5 nitrogen and oxygen atoms in total. The van der Waals surface area contributed by atoms with Crippen LogP contribution >= 0.6 is 0 Å². The Morgan fingerprint density at radius 2 is 2.19 bits per heavy atom. The molecule has 3 aromatic heterocycles. The van der Waals surface area contributed by atoms with Gasteiger partial charge in [0.15, 0.2) is 5.65 Å². The van der Waals surface area contributed by atoms with Crippen LogP contribution in [-0.4, -0.2) is 24.8 Å². The number of rotatable bonds is 1. The van der Waals surface area contributed by atoms with Gasteiger partial charge < -0.3 is 0 Å². The highest BCUT2D eigenvalue weighted by Gasteiger charge is 2.09. The van der Waals surface area contributed by atoms with Crippen molar-refractivity contribution in [3.05, 3.63) is 35.9 Å². The molecule has 3 rings (SSSR count). The number of fused-ring (bicyclic) bond motifs is 1. The first-order valence-electron chi connectivity index (χ1n) is 5.07. The van der Waals surface area contributed by atoms with Crippen molar-refractivity contribution in [3.8, 4) is 11.3 Å². The number of nitrogens with one attached hydrogen (secondary N) is 1. The quantitative estimate of drug-likeness (QED) is 0.669. The summed E-state index contributed by atoms with van der Waals surface area (Å²) in [6.07, 6.45) is 3.58. The van der Waals surface area contributed by atoms with Crippen LogP contribution in [0.3, 0.4) is 0 Å². The molecule has 0 bridgehead atoms. The van der Waals surface area contributed by atoms with Gasteiger partial charge in [-0.05, 0) is 19.9 Å². The van der Waals surface area contributed by atoms with Crippen molar-refractivity contribution >= 4 is 5.65 Å². The maximum absolute atomic E-state index is 4.40. The summed E-state index contributed by atoms with van der Waals surface area (Å²) >= 11 is 0. The van der Waals surface area contributed by atoms with Gasteiger partial charge in [0.1, 0.15) is 0 Å². The average Bonchev–Trinajstić information content (AvgIpc) is 2.86. The summed E-state index contributed by atoms with van der Waals surface area (Å²) in [6.45, 7) is 3.99. The van der Waals surface area contributed by atoms with E-state index in [1.54, 1.807) is 6.20 Å². The van der Waals surface area contributed by atoms with Crippen molar-refractivity contribution in [3.63, 3.8) is 0 Å². The molecule has 0 amide bonds.